The van der Waals surface area contributed by atoms with Crippen molar-refractivity contribution >= 4 is 11.9 Å². The first kappa shape index (κ1) is 18.3. The van der Waals surface area contributed by atoms with Crippen molar-refractivity contribution in [3.8, 4) is 5.75 Å². The van der Waals surface area contributed by atoms with Gasteiger partial charge in [0.25, 0.3) is 0 Å². The van der Waals surface area contributed by atoms with Crippen molar-refractivity contribution < 1.29 is 24.2 Å². The van der Waals surface area contributed by atoms with Gasteiger partial charge < -0.3 is 19.9 Å². The Hall–Kier alpha value is -2.08. The predicted octanol–water partition coefficient (Wildman–Crippen LogP) is 2.31. The highest BCUT2D eigenvalue weighted by atomic mass is 16.5. The van der Waals surface area contributed by atoms with Gasteiger partial charge in [0.1, 0.15) is 11.9 Å². The molecule has 2 unspecified atom stereocenters. The van der Waals surface area contributed by atoms with Crippen molar-refractivity contribution in [2.45, 2.75) is 45.8 Å². The van der Waals surface area contributed by atoms with E-state index in [1.807, 2.05) is 0 Å². The lowest BCUT2D eigenvalue weighted by Gasteiger charge is -2.19. The number of fused-ring (bicyclic) bond motifs is 1. The van der Waals surface area contributed by atoms with Crippen molar-refractivity contribution in [3.63, 3.8) is 0 Å². The number of hydrogen-bond donors (Lipinski definition) is 2. The Kier molecular flexibility index (Phi) is 6.20. The van der Waals surface area contributed by atoms with E-state index in [0.29, 0.717) is 24.7 Å². The van der Waals surface area contributed by atoms with Gasteiger partial charge >= 0.3 is 5.97 Å². The van der Waals surface area contributed by atoms with E-state index in [9.17, 15) is 14.7 Å². The van der Waals surface area contributed by atoms with Gasteiger partial charge in [0.05, 0.1) is 6.61 Å². The Labute approximate surface area is 142 Å². The lowest BCUT2D eigenvalue weighted by molar-refractivity contribution is -0.144. The summed E-state index contributed by atoms with van der Waals surface area (Å²) >= 11 is 0. The number of rotatable bonds is 8. The van der Waals surface area contributed by atoms with Crippen molar-refractivity contribution in [1.29, 1.82) is 0 Å². The van der Waals surface area contributed by atoms with Crippen LogP contribution in [0.15, 0.2) is 18.2 Å². The number of hydrogen-bond acceptors (Lipinski definition) is 4. The second kappa shape index (κ2) is 8.15. The van der Waals surface area contributed by atoms with Crippen LogP contribution in [0.5, 0.6) is 5.75 Å². The van der Waals surface area contributed by atoms with E-state index >= 15 is 0 Å². The number of nitrogens with one attached hydrogen (secondary N) is 1. The summed E-state index contributed by atoms with van der Waals surface area (Å²) in [4.78, 5) is 23.8. The summed E-state index contributed by atoms with van der Waals surface area (Å²) in [6.07, 6.45) is 0.909. The molecule has 1 aliphatic heterocycles. The van der Waals surface area contributed by atoms with E-state index in [1.165, 1.54) is 0 Å². The number of carbonyl (C=O) groups excluding carboxylic acids is 1. The van der Waals surface area contributed by atoms with Crippen LogP contribution in [0, 0.1) is 5.92 Å². The normalized spacial score (nSPS) is 15.5. The zero-order valence-corrected chi connectivity index (χ0v) is 14.4. The zero-order valence-electron chi connectivity index (χ0n) is 14.4. The smallest absolute Gasteiger partial charge is 0.330 e. The molecule has 2 rings (SSSR count). The second-order valence-corrected chi connectivity index (χ2v) is 6.44. The third-order valence-electron chi connectivity index (χ3n) is 4.01. The van der Waals surface area contributed by atoms with Crippen LogP contribution in [0.2, 0.25) is 0 Å². The average molecular weight is 335 g/mol. The molecule has 0 saturated heterocycles. The van der Waals surface area contributed by atoms with E-state index < -0.39 is 24.0 Å². The van der Waals surface area contributed by atoms with Crippen LogP contribution in [-0.4, -0.2) is 36.3 Å². The molecule has 6 nitrogen and oxygen atoms in total. The molecule has 0 radical (unpaired) electrons. The van der Waals surface area contributed by atoms with E-state index in [2.05, 4.69) is 19.2 Å². The van der Waals surface area contributed by atoms with Crippen molar-refractivity contribution in [1.82, 2.24) is 5.32 Å². The lowest BCUT2D eigenvalue weighted by atomic mass is 10.0. The molecule has 2 N–H and O–H groups in total. The largest absolute Gasteiger partial charge is 0.493 e. The van der Waals surface area contributed by atoms with Crippen LogP contribution in [0.1, 0.15) is 44.4 Å². The molecule has 0 bridgehead atoms. The Morgan fingerprint density at radius 1 is 1.33 bits per heavy atom. The maximum atomic E-state index is 12.2. The molecule has 6 heteroatoms. The van der Waals surface area contributed by atoms with Gasteiger partial charge in [0.15, 0.2) is 6.04 Å². The highest BCUT2D eigenvalue weighted by Gasteiger charge is 2.26. The first-order chi connectivity index (χ1) is 11.4. The van der Waals surface area contributed by atoms with E-state index in [0.717, 1.165) is 24.2 Å². The molecule has 132 valence electrons. The summed E-state index contributed by atoms with van der Waals surface area (Å²) in [5.74, 6) is -0.264. The number of carboxylic acids is 1. The van der Waals surface area contributed by atoms with Crippen LogP contribution >= 0.6 is 0 Å². The van der Waals surface area contributed by atoms with Gasteiger partial charge in [-0.05, 0) is 42.5 Å². The summed E-state index contributed by atoms with van der Waals surface area (Å²) in [7, 11) is 0. The van der Waals surface area contributed by atoms with Gasteiger partial charge in [-0.2, -0.15) is 0 Å². The molecule has 2 atom stereocenters. The van der Waals surface area contributed by atoms with E-state index in [1.54, 1.807) is 25.1 Å². The fourth-order valence-electron chi connectivity index (χ4n) is 2.49. The predicted molar refractivity (Wildman–Crippen MR) is 89.0 cm³/mol. The SMILES string of the molecule is CC(C)CCOC(C)C(=O)NC(C(=O)O)c1ccc2c(c1)CCO2. The minimum absolute atomic E-state index is 0.428. The number of carbonyl (C=O) groups is 2. The highest BCUT2D eigenvalue weighted by Crippen LogP contribution is 2.28. The summed E-state index contributed by atoms with van der Waals surface area (Å²) in [5, 5.41) is 12.0. The first-order valence-corrected chi connectivity index (χ1v) is 8.29. The second-order valence-electron chi connectivity index (χ2n) is 6.44. The Balaban J connectivity index is 2.00. The molecule has 1 amide bonds. The quantitative estimate of drug-likeness (QED) is 0.761. The third kappa shape index (κ3) is 4.71. The van der Waals surface area contributed by atoms with Crippen molar-refractivity contribution in [2.24, 2.45) is 5.92 Å². The first-order valence-electron chi connectivity index (χ1n) is 8.29. The topological polar surface area (TPSA) is 84.9 Å². The molecule has 1 aliphatic rings. The van der Waals surface area contributed by atoms with Crippen LogP contribution in [0.25, 0.3) is 0 Å². The number of amides is 1. The van der Waals surface area contributed by atoms with Gasteiger partial charge in [-0.15, -0.1) is 0 Å². The molecule has 0 aliphatic carbocycles. The number of benzene rings is 1. The number of aliphatic carboxylic acids is 1. The summed E-state index contributed by atoms with van der Waals surface area (Å²) in [6, 6.07) is 4.11. The summed E-state index contributed by atoms with van der Waals surface area (Å²) in [6.45, 7) is 6.85. The zero-order chi connectivity index (χ0) is 17.7. The highest BCUT2D eigenvalue weighted by molar-refractivity contribution is 5.86. The molecular weight excluding hydrogens is 310 g/mol. The molecule has 1 aromatic rings. The fourth-order valence-corrected chi connectivity index (χ4v) is 2.49. The third-order valence-corrected chi connectivity index (χ3v) is 4.01. The van der Waals surface area contributed by atoms with E-state index in [-0.39, 0.29) is 0 Å². The average Bonchev–Trinajstić information content (AvgIpc) is 2.98. The molecule has 0 saturated carbocycles. The molecule has 1 aromatic carbocycles. The fraction of sp³-hybridized carbons (Fsp3) is 0.556. The number of carboxylic acid groups (broad SMARTS) is 1. The van der Waals surface area contributed by atoms with Crippen LogP contribution in [0.4, 0.5) is 0 Å². The Morgan fingerprint density at radius 3 is 2.75 bits per heavy atom. The minimum Gasteiger partial charge on any atom is -0.493 e. The molecule has 0 spiro atoms. The van der Waals surface area contributed by atoms with Gasteiger partial charge in [-0.3, -0.25) is 4.79 Å². The van der Waals surface area contributed by atoms with Crippen molar-refractivity contribution in [2.75, 3.05) is 13.2 Å². The lowest BCUT2D eigenvalue weighted by Crippen LogP contribution is -2.40. The molecule has 0 aromatic heterocycles. The van der Waals surface area contributed by atoms with Crippen LogP contribution < -0.4 is 10.1 Å². The van der Waals surface area contributed by atoms with Gasteiger partial charge in [-0.1, -0.05) is 19.9 Å². The van der Waals surface area contributed by atoms with E-state index in [4.69, 9.17) is 9.47 Å². The summed E-state index contributed by atoms with van der Waals surface area (Å²) < 4.78 is 10.9. The monoisotopic (exact) mass is 335 g/mol. The maximum absolute atomic E-state index is 12.2. The minimum atomic E-state index is -1.10. The molecular formula is C18H25NO5. The summed E-state index contributed by atoms with van der Waals surface area (Å²) in [5.41, 5.74) is 1.50. The van der Waals surface area contributed by atoms with Crippen LogP contribution in [-0.2, 0) is 20.7 Å². The number of ether oxygens (including phenoxy) is 2. The van der Waals surface area contributed by atoms with Gasteiger partial charge in [0.2, 0.25) is 5.91 Å². The molecule has 24 heavy (non-hydrogen) atoms. The standard InChI is InChI=1S/C18H25NO5/c1-11(2)6-8-23-12(3)17(20)19-16(18(21)22)14-4-5-15-13(10-14)7-9-24-15/h4-5,10-12,16H,6-9H2,1-3H3,(H,19,20)(H,21,22). The molecule has 1 heterocycles. The van der Waals surface area contributed by atoms with Gasteiger partial charge in [0, 0.05) is 13.0 Å². The van der Waals surface area contributed by atoms with Crippen molar-refractivity contribution in [3.05, 3.63) is 29.3 Å². The van der Waals surface area contributed by atoms with Gasteiger partial charge in [-0.25, -0.2) is 4.79 Å². The maximum Gasteiger partial charge on any atom is 0.330 e. The Bertz CT molecular complexity index is 599. The molecule has 0 fully saturated rings. The van der Waals surface area contributed by atoms with Crippen LogP contribution in [0.3, 0.4) is 0 Å². The Morgan fingerprint density at radius 2 is 2.08 bits per heavy atom.